The van der Waals surface area contributed by atoms with Gasteiger partial charge < -0.3 is 15.4 Å². The summed E-state index contributed by atoms with van der Waals surface area (Å²) < 4.78 is 5.31. The number of ether oxygens (including phenoxy) is 1. The molecule has 0 bridgehead atoms. The maximum atomic E-state index is 12.4. The SMILES string of the molecule is CC1=C(C(=O)OCC(C)C)C(c2ccccc2Cl)NC(=O)N1. The normalized spacial score (nSPS) is 18.0. The average molecular weight is 323 g/mol. The lowest BCUT2D eigenvalue weighted by Crippen LogP contribution is -2.45. The predicted molar refractivity (Wildman–Crippen MR) is 84.4 cm³/mol. The fourth-order valence-corrected chi connectivity index (χ4v) is 2.47. The molecule has 2 rings (SSSR count). The first-order valence-electron chi connectivity index (χ1n) is 7.10. The summed E-state index contributed by atoms with van der Waals surface area (Å²) in [7, 11) is 0. The number of rotatable bonds is 4. The van der Waals surface area contributed by atoms with Crippen molar-refractivity contribution >= 4 is 23.6 Å². The van der Waals surface area contributed by atoms with E-state index < -0.39 is 12.0 Å². The van der Waals surface area contributed by atoms with E-state index in [1.165, 1.54) is 0 Å². The average Bonchev–Trinajstić information content (AvgIpc) is 2.44. The van der Waals surface area contributed by atoms with Crippen molar-refractivity contribution in [1.29, 1.82) is 0 Å². The second-order valence-electron chi connectivity index (χ2n) is 5.58. The molecular weight excluding hydrogens is 304 g/mol. The number of carbonyl (C=O) groups is 2. The summed E-state index contributed by atoms with van der Waals surface area (Å²) in [5.41, 5.74) is 1.51. The molecule has 1 atom stereocenters. The summed E-state index contributed by atoms with van der Waals surface area (Å²) >= 11 is 6.20. The van der Waals surface area contributed by atoms with Gasteiger partial charge in [-0.2, -0.15) is 0 Å². The quantitative estimate of drug-likeness (QED) is 0.837. The maximum Gasteiger partial charge on any atom is 0.338 e. The van der Waals surface area contributed by atoms with E-state index in [9.17, 15) is 9.59 Å². The van der Waals surface area contributed by atoms with Crippen LogP contribution in [0.4, 0.5) is 4.79 Å². The van der Waals surface area contributed by atoms with Crippen molar-refractivity contribution in [1.82, 2.24) is 10.6 Å². The summed E-state index contributed by atoms with van der Waals surface area (Å²) in [6.07, 6.45) is 0. The van der Waals surface area contributed by atoms with Crippen molar-refractivity contribution < 1.29 is 14.3 Å². The van der Waals surface area contributed by atoms with Gasteiger partial charge in [0.15, 0.2) is 0 Å². The van der Waals surface area contributed by atoms with Crippen LogP contribution in [0.2, 0.25) is 5.02 Å². The molecule has 0 radical (unpaired) electrons. The van der Waals surface area contributed by atoms with Gasteiger partial charge in [0.25, 0.3) is 0 Å². The van der Waals surface area contributed by atoms with Gasteiger partial charge in [0.2, 0.25) is 0 Å². The number of benzene rings is 1. The Kier molecular flexibility index (Phi) is 5.08. The van der Waals surface area contributed by atoms with Crippen molar-refractivity contribution in [3.05, 3.63) is 46.1 Å². The van der Waals surface area contributed by atoms with Gasteiger partial charge in [0, 0.05) is 10.7 Å². The second-order valence-corrected chi connectivity index (χ2v) is 5.99. The van der Waals surface area contributed by atoms with E-state index in [1.54, 1.807) is 25.1 Å². The molecule has 5 nitrogen and oxygen atoms in total. The zero-order chi connectivity index (χ0) is 16.3. The van der Waals surface area contributed by atoms with Gasteiger partial charge in [-0.05, 0) is 24.5 Å². The molecule has 0 aromatic heterocycles. The van der Waals surface area contributed by atoms with E-state index in [0.29, 0.717) is 28.5 Å². The third-order valence-electron chi connectivity index (χ3n) is 3.25. The van der Waals surface area contributed by atoms with Gasteiger partial charge in [-0.3, -0.25) is 0 Å². The van der Waals surface area contributed by atoms with Crippen LogP contribution in [-0.2, 0) is 9.53 Å². The molecule has 0 aliphatic carbocycles. The molecule has 1 aliphatic heterocycles. The van der Waals surface area contributed by atoms with E-state index in [-0.39, 0.29) is 11.9 Å². The van der Waals surface area contributed by atoms with E-state index in [0.717, 1.165) is 0 Å². The molecule has 1 aliphatic rings. The van der Waals surface area contributed by atoms with E-state index in [2.05, 4.69) is 10.6 Å². The van der Waals surface area contributed by atoms with Crippen LogP contribution in [0.15, 0.2) is 35.5 Å². The monoisotopic (exact) mass is 322 g/mol. The molecule has 6 heteroatoms. The highest BCUT2D eigenvalue weighted by molar-refractivity contribution is 6.31. The lowest BCUT2D eigenvalue weighted by atomic mass is 9.95. The Labute approximate surface area is 134 Å². The van der Waals surface area contributed by atoms with Crippen LogP contribution in [0.5, 0.6) is 0 Å². The van der Waals surface area contributed by atoms with Crippen molar-refractivity contribution in [2.75, 3.05) is 6.61 Å². The van der Waals surface area contributed by atoms with E-state index in [1.807, 2.05) is 19.9 Å². The predicted octanol–water partition coefficient (Wildman–Crippen LogP) is 3.17. The van der Waals surface area contributed by atoms with Crippen LogP contribution in [0.1, 0.15) is 32.4 Å². The molecule has 2 N–H and O–H groups in total. The minimum Gasteiger partial charge on any atom is -0.462 e. The largest absolute Gasteiger partial charge is 0.462 e. The Morgan fingerprint density at radius 3 is 2.68 bits per heavy atom. The second kappa shape index (κ2) is 6.83. The molecule has 0 spiro atoms. The number of carbonyl (C=O) groups excluding carboxylic acids is 2. The van der Waals surface area contributed by atoms with Crippen molar-refractivity contribution in [2.24, 2.45) is 5.92 Å². The zero-order valence-electron chi connectivity index (χ0n) is 12.8. The molecule has 1 aromatic rings. The number of nitrogens with one attached hydrogen (secondary N) is 2. The summed E-state index contributed by atoms with van der Waals surface area (Å²) in [6, 6.07) is 6.10. The Balaban J connectivity index is 2.37. The first kappa shape index (κ1) is 16.4. The van der Waals surface area contributed by atoms with Gasteiger partial charge in [0.1, 0.15) is 0 Å². The van der Waals surface area contributed by atoms with Gasteiger partial charge in [-0.25, -0.2) is 9.59 Å². The summed E-state index contributed by atoms with van der Waals surface area (Å²) in [5.74, 6) is -0.224. The molecule has 118 valence electrons. The van der Waals surface area contributed by atoms with Crippen LogP contribution >= 0.6 is 11.6 Å². The van der Waals surface area contributed by atoms with Gasteiger partial charge >= 0.3 is 12.0 Å². The van der Waals surface area contributed by atoms with Gasteiger partial charge in [-0.15, -0.1) is 0 Å². The van der Waals surface area contributed by atoms with Crippen LogP contribution in [0.25, 0.3) is 0 Å². The molecule has 1 unspecified atom stereocenters. The van der Waals surface area contributed by atoms with Crippen molar-refractivity contribution in [3.8, 4) is 0 Å². The van der Waals surface area contributed by atoms with Gasteiger partial charge in [-0.1, -0.05) is 43.6 Å². The van der Waals surface area contributed by atoms with Crippen molar-refractivity contribution in [2.45, 2.75) is 26.8 Å². The van der Waals surface area contributed by atoms with Crippen LogP contribution in [-0.4, -0.2) is 18.6 Å². The number of esters is 1. The molecule has 0 saturated heterocycles. The van der Waals surface area contributed by atoms with E-state index >= 15 is 0 Å². The first-order valence-corrected chi connectivity index (χ1v) is 7.47. The Hall–Kier alpha value is -2.01. The highest BCUT2D eigenvalue weighted by Gasteiger charge is 2.33. The standard InChI is InChI=1S/C16H19ClN2O3/c1-9(2)8-22-15(20)13-10(3)18-16(21)19-14(13)11-6-4-5-7-12(11)17/h4-7,9,14H,8H2,1-3H3,(H2,18,19,21). The fraction of sp³-hybridized carbons (Fsp3) is 0.375. The number of hydrogen-bond acceptors (Lipinski definition) is 3. The molecule has 0 saturated carbocycles. The minimum atomic E-state index is -0.623. The number of amides is 2. The fourth-order valence-electron chi connectivity index (χ4n) is 2.23. The highest BCUT2D eigenvalue weighted by Crippen LogP contribution is 2.31. The molecular formula is C16H19ClN2O3. The minimum absolute atomic E-state index is 0.231. The summed E-state index contributed by atoms with van der Waals surface area (Å²) in [4.78, 5) is 24.2. The number of allylic oxidation sites excluding steroid dienone is 1. The maximum absolute atomic E-state index is 12.4. The number of halogens is 1. The Morgan fingerprint density at radius 2 is 2.05 bits per heavy atom. The molecule has 1 aromatic carbocycles. The topological polar surface area (TPSA) is 67.4 Å². The van der Waals surface area contributed by atoms with E-state index in [4.69, 9.17) is 16.3 Å². The first-order chi connectivity index (χ1) is 10.4. The highest BCUT2D eigenvalue weighted by atomic mass is 35.5. The third-order valence-corrected chi connectivity index (χ3v) is 3.60. The van der Waals surface area contributed by atoms with Crippen LogP contribution < -0.4 is 10.6 Å². The Bertz CT molecular complexity index is 626. The molecule has 1 heterocycles. The lowest BCUT2D eigenvalue weighted by molar-refractivity contribution is -0.140. The lowest BCUT2D eigenvalue weighted by Gasteiger charge is -2.28. The molecule has 0 fully saturated rings. The van der Waals surface area contributed by atoms with Crippen LogP contribution in [0, 0.1) is 5.92 Å². The third kappa shape index (κ3) is 3.60. The zero-order valence-corrected chi connectivity index (χ0v) is 13.5. The number of urea groups is 1. The smallest absolute Gasteiger partial charge is 0.338 e. The summed E-state index contributed by atoms with van der Waals surface area (Å²) in [5, 5.41) is 5.82. The van der Waals surface area contributed by atoms with Crippen LogP contribution in [0.3, 0.4) is 0 Å². The summed E-state index contributed by atoms with van der Waals surface area (Å²) in [6.45, 7) is 5.91. The molecule has 2 amide bonds. The van der Waals surface area contributed by atoms with Gasteiger partial charge in [0.05, 0.1) is 18.2 Å². The molecule has 22 heavy (non-hydrogen) atoms. The Morgan fingerprint density at radius 1 is 1.36 bits per heavy atom. The number of hydrogen-bond donors (Lipinski definition) is 2. The van der Waals surface area contributed by atoms with Crippen molar-refractivity contribution in [3.63, 3.8) is 0 Å².